The minimum atomic E-state index is -0.114. The zero-order chi connectivity index (χ0) is 13.7. The van der Waals surface area contributed by atoms with Gasteiger partial charge in [0.25, 0.3) is 5.91 Å². The first-order chi connectivity index (χ1) is 8.49. The zero-order valence-electron chi connectivity index (χ0n) is 11.4. The first-order valence-corrected chi connectivity index (χ1v) is 6.94. The number of carbonyl (C=O) groups is 2. The van der Waals surface area contributed by atoms with Gasteiger partial charge in [-0.05, 0) is 33.8 Å². The summed E-state index contributed by atoms with van der Waals surface area (Å²) in [7, 11) is 0. The van der Waals surface area contributed by atoms with Gasteiger partial charge in [-0.25, -0.2) is 0 Å². The Morgan fingerprint density at radius 3 is 2.44 bits per heavy atom. The maximum absolute atomic E-state index is 12.3. The lowest BCUT2D eigenvalue weighted by molar-refractivity contribution is -0.121. The van der Waals surface area contributed by atoms with Gasteiger partial charge in [-0.3, -0.25) is 9.59 Å². The molecule has 1 heterocycles. The number of amides is 2. The number of rotatable bonds is 5. The van der Waals surface area contributed by atoms with E-state index in [1.165, 1.54) is 0 Å². The SMILES string of the molecule is CCNC(=O)CN(CC)C(=O)c1cc(C)sc1C. The van der Waals surface area contributed by atoms with Gasteiger partial charge in [0.1, 0.15) is 0 Å². The quantitative estimate of drug-likeness (QED) is 0.887. The molecule has 0 aliphatic rings. The molecule has 0 unspecified atom stereocenters. The molecule has 0 atom stereocenters. The minimum absolute atomic E-state index is 0.0643. The summed E-state index contributed by atoms with van der Waals surface area (Å²) < 4.78 is 0. The van der Waals surface area contributed by atoms with Gasteiger partial charge in [0.2, 0.25) is 5.91 Å². The molecule has 1 aromatic rings. The fourth-order valence-electron chi connectivity index (χ4n) is 1.77. The number of nitrogens with one attached hydrogen (secondary N) is 1. The average Bonchev–Trinajstić information content (AvgIpc) is 2.65. The van der Waals surface area contributed by atoms with Crippen LogP contribution >= 0.6 is 11.3 Å². The normalized spacial score (nSPS) is 10.2. The summed E-state index contributed by atoms with van der Waals surface area (Å²) in [6.45, 7) is 8.90. The lowest BCUT2D eigenvalue weighted by Gasteiger charge is -2.20. The van der Waals surface area contributed by atoms with E-state index in [4.69, 9.17) is 0 Å². The van der Waals surface area contributed by atoms with Gasteiger partial charge in [0, 0.05) is 22.8 Å². The summed E-state index contributed by atoms with van der Waals surface area (Å²) in [6, 6.07) is 1.89. The zero-order valence-corrected chi connectivity index (χ0v) is 12.2. The van der Waals surface area contributed by atoms with E-state index in [-0.39, 0.29) is 18.4 Å². The van der Waals surface area contributed by atoms with Crippen LogP contribution < -0.4 is 5.32 Å². The highest BCUT2D eigenvalue weighted by Crippen LogP contribution is 2.21. The number of likely N-dealkylation sites (N-methyl/N-ethyl adjacent to an activating group) is 2. The molecule has 0 radical (unpaired) electrons. The van der Waals surface area contributed by atoms with Crippen LogP contribution in [0.5, 0.6) is 0 Å². The average molecular weight is 268 g/mol. The van der Waals surface area contributed by atoms with Crippen molar-refractivity contribution < 1.29 is 9.59 Å². The van der Waals surface area contributed by atoms with E-state index >= 15 is 0 Å². The molecule has 1 N–H and O–H groups in total. The molecule has 0 fully saturated rings. The van der Waals surface area contributed by atoms with Gasteiger partial charge in [-0.15, -0.1) is 11.3 Å². The number of thiophene rings is 1. The molecule has 0 bridgehead atoms. The highest BCUT2D eigenvalue weighted by Gasteiger charge is 2.19. The largest absolute Gasteiger partial charge is 0.355 e. The number of aryl methyl sites for hydroxylation is 2. The van der Waals surface area contributed by atoms with Crippen molar-refractivity contribution in [3.63, 3.8) is 0 Å². The summed E-state index contributed by atoms with van der Waals surface area (Å²) >= 11 is 1.61. The smallest absolute Gasteiger partial charge is 0.255 e. The summed E-state index contributed by atoms with van der Waals surface area (Å²) in [5, 5.41) is 2.71. The molecule has 1 rings (SSSR count). The van der Waals surface area contributed by atoms with Crippen LogP contribution in [0, 0.1) is 13.8 Å². The fraction of sp³-hybridized carbons (Fsp3) is 0.538. The number of nitrogens with zero attached hydrogens (tertiary/aromatic N) is 1. The molecule has 100 valence electrons. The van der Waals surface area contributed by atoms with E-state index in [1.807, 2.05) is 33.8 Å². The number of hydrogen-bond donors (Lipinski definition) is 1. The standard InChI is InChI=1S/C13H20N2O2S/c1-5-14-12(16)8-15(6-2)13(17)11-7-9(3)18-10(11)4/h7H,5-6,8H2,1-4H3,(H,14,16). The minimum Gasteiger partial charge on any atom is -0.355 e. The van der Waals surface area contributed by atoms with Gasteiger partial charge in [-0.2, -0.15) is 0 Å². The van der Waals surface area contributed by atoms with Crippen LogP contribution in [0.1, 0.15) is 34.0 Å². The van der Waals surface area contributed by atoms with Gasteiger partial charge < -0.3 is 10.2 Å². The van der Waals surface area contributed by atoms with Crippen molar-refractivity contribution in [2.45, 2.75) is 27.7 Å². The predicted octanol–water partition coefficient (Wildman–Crippen LogP) is 1.96. The monoisotopic (exact) mass is 268 g/mol. The molecule has 0 spiro atoms. The van der Waals surface area contributed by atoms with Gasteiger partial charge in [0.15, 0.2) is 0 Å². The van der Waals surface area contributed by atoms with E-state index in [2.05, 4.69) is 5.32 Å². The molecule has 1 aromatic heterocycles. The van der Waals surface area contributed by atoms with Crippen molar-refractivity contribution in [3.05, 3.63) is 21.4 Å². The second kappa shape index (κ2) is 6.54. The van der Waals surface area contributed by atoms with Crippen molar-refractivity contribution >= 4 is 23.2 Å². The van der Waals surface area contributed by atoms with Crippen molar-refractivity contribution in [1.29, 1.82) is 0 Å². The second-order valence-corrected chi connectivity index (χ2v) is 5.56. The van der Waals surface area contributed by atoms with Crippen LogP contribution in [0.4, 0.5) is 0 Å². The molecule has 5 heteroatoms. The third-order valence-corrected chi connectivity index (χ3v) is 3.61. The molecule has 18 heavy (non-hydrogen) atoms. The number of carbonyl (C=O) groups excluding carboxylic acids is 2. The first-order valence-electron chi connectivity index (χ1n) is 6.12. The van der Waals surface area contributed by atoms with Gasteiger partial charge in [-0.1, -0.05) is 0 Å². The molecule has 0 saturated heterocycles. The van der Waals surface area contributed by atoms with E-state index in [0.29, 0.717) is 18.7 Å². The summed E-state index contributed by atoms with van der Waals surface area (Å²) in [6.07, 6.45) is 0. The molecule has 0 aromatic carbocycles. The highest BCUT2D eigenvalue weighted by molar-refractivity contribution is 7.12. The Labute approximate surface area is 112 Å². The molecule has 0 aliphatic carbocycles. The van der Waals surface area contributed by atoms with E-state index < -0.39 is 0 Å². The van der Waals surface area contributed by atoms with E-state index in [9.17, 15) is 9.59 Å². The van der Waals surface area contributed by atoms with Crippen LogP contribution in [0.2, 0.25) is 0 Å². The van der Waals surface area contributed by atoms with Crippen molar-refractivity contribution in [1.82, 2.24) is 10.2 Å². The molecular formula is C13H20N2O2S. The van der Waals surface area contributed by atoms with Gasteiger partial charge >= 0.3 is 0 Å². The van der Waals surface area contributed by atoms with Crippen molar-refractivity contribution in [2.24, 2.45) is 0 Å². The Kier molecular flexibility index (Phi) is 5.34. The Bertz CT molecular complexity index is 440. The highest BCUT2D eigenvalue weighted by atomic mass is 32.1. The Balaban J connectivity index is 2.79. The summed E-state index contributed by atoms with van der Waals surface area (Å²) in [5.74, 6) is -0.178. The Morgan fingerprint density at radius 1 is 1.33 bits per heavy atom. The summed E-state index contributed by atoms with van der Waals surface area (Å²) in [5.41, 5.74) is 0.712. The van der Waals surface area contributed by atoms with Gasteiger partial charge in [0.05, 0.1) is 12.1 Å². The third kappa shape index (κ3) is 3.57. The Morgan fingerprint density at radius 2 is 2.00 bits per heavy atom. The fourth-order valence-corrected chi connectivity index (χ4v) is 2.68. The topological polar surface area (TPSA) is 49.4 Å². The van der Waals surface area contributed by atoms with Crippen LogP contribution in [0.15, 0.2) is 6.07 Å². The van der Waals surface area contributed by atoms with E-state index in [0.717, 1.165) is 9.75 Å². The van der Waals surface area contributed by atoms with Crippen LogP contribution in [0.3, 0.4) is 0 Å². The maximum Gasteiger partial charge on any atom is 0.255 e. The van der Waals surface area contributed by atoms with Crippen LogP contribution in [0.25, 0.3) is 0 Å². The van der Waals surface area contributed by atoms with Crippen LogP contribution in [-0.2, 0) is 4.79 Å². The Hall–Kier alpha value is -1.36. The summed E-state index contributed by atoms with van der Waals surface area (Å²) in [4.78, 5) is 27.5. The van der Waals surface area contributed by atoms with E-state index in [1.54, 1.807) is 16.2 Å². The molecule has 0 saturated carbocycles. The second-order valence-electron chi connectivity index (χ2n) is 4.10. The van der Waals surface area contributed by atoms with Crippen molar-refractivity contribution in [3.8, 4) is 0 Å². The molecule has 2 amide bonds. The predicted molar refractivity (Wildman–Crippen MR) is 74.1 cm³/mol. The van der Waals surface area contributed by atoms with Crippen LogP contribution in [-0.4, -0.2) is 36.3 Å². The maximum atomic E-state index is 12.3. The third-order valence-electron chi connectivity index (χ3n) is 2.65. The van der Waals surface area contributed by atoms with Crippen molar-refractivity contribution in [2.75, 3.05) is 19.6 Å². The molecule has 4 nitrogen and oxygen atoms in total. The number of hydrogen-bond acceptors (Lipinski definition) is 3. The lowest BCUT2D eigenvalue weighted by Crippen LogP contribution is -2.40. The first kappa shape index (κ1) is 14.7. The lowest BCUT2D eigenvalue weighted by atomic mass is 10.2. The molecule has 0 aliphatic heterocycles. The molecular weight excluding hydrogens is 248 g/mol.